The summed E-state index contributed by atoms with van der Waals surface area (Å²) in [5.74, 6) is -1.13. The Hall–Kier alpha value is -4.14. The summed E-state index contributed by atoms with van der Waals surface area (Å²) < 4.78 is 5.53. The number of ether oxygens (including phenoxy) is 1. The Kier molecular flexibility index (Phi) is 5.65. The van der Waals surface area contributed by atoms with E-state index < -0.39 is 23.3 Å². The van der Waals surface area contributed by atoms with Gasteiger partial charge in [-0.2, -0.15) is 4.98 Å². The molecule has 0 radical (unpaired) electrons. The van der Waals surface area contributed by atoms with Gasteiger partial charge in [0.1, 0.15) is 11.6 Å². The third-order valence-corrected chi connectivity index (χ3v) is 4.75. The van der Waals surface area contributed by atoms with Crippen molar-refractivity contribution in [2.45, 2.75) is 19.3 Å². The van der Waals surface area contributed by atoms with Crippen molar-refractivity contribution in [1.29, 1.82) is 0 Å². The van der Waals surface area contributed by atoms with E-state index in [1.807, 2.05) is 37.3 Å². The predicted octanol–water partition coefficient (Wildman–Crippen LogP) is 2.98. The zero-order valence-corrected chi connectivity index (χ0v) is 16.8. The second kappa shape index (κ2) is 8.70. The van der Waals surface area contributed by atoms with Gasteiger partial charge in [-0.1, -0.05) is 30.3 Å². The highest BCUT2D eigenvalue weighted by Gasteiger charge is 2.35. The van der Waals surface area contributed by atoms with Crippen LogP contribution in [0.15, 0.2) is 59.4 Å². The van der Waals surface area contributed by atoms with Crippen LogP contribution < -0.4 is 26.2 Å². The summed E-state index contributed by atoms with van der Waals surface area (Å²) in [6.45, 7) is 2.27. The molecule has 1 aromatic heterocycles. The van der Waals surface area contributed by atoms with Crippen molar-refractivity contribution in [3.05, 3.63) is 70.5 Å². The molecular weight excluding hydrogens is 398 g/mol. The smallest absolute Gasteiger partial charge is 0.258 e. The Balaban J connectivity index is 1.63. The van der Waals surface area contributed by atoms with Crippen LogP contribution in [0.4, 0.5) is 23.1 Å². The van der Waals surface area contributed by atoms with Crippen LogP contribution in [0, 0.1) is 0 Å². The number of carbonyl (C=O) groups is 2. The van der Waals surface area contributed by atoms with E-state index in [2.05, 4.69) is 25.9 Å². The van der Waals surface area contributed by atoms with Gasteiger partial charge < -0.3 is 20.7 Å². The molecule has 0 spiro atoms. The molecule has 158 valence electrons. The molecule has 31 heavy (non-hydrogen) atoms. The molecule has 4 rings (SSSR count). The molecule has 0 aliphatic carbocycles. The minimum absolute atomic E-state index is 0.0664. The number of anilines is 4. The van der Waals surface area contributed by atoms with Gasteiger partial charge in [0.05, 0.1) is 23.8 Å². The normalized spacial score (nSPS) is 14.9. The Morgan fingerprint density at radius 3 is 2.65 bits per heavy atom. The first kappa shape index (κ1) is 20.1. The highest BCUT2D eigenvalue weighted by molar-refractivity contribution is 6.05. The highest BCUT2D eigenvalue weighted by Crippen LogP contribution is 2.31. The molecule has 9 heteroatoms. The molecule has 2 aromatic carbocycles. The Labute approximate surface area is 177 Å². The zero-order chi connectivity index (χ0) is 21.8. The Morgan fingerprint density at radius 1 is 1.13 bits per heavy atom. The van der Waals surface area contributed by atoms with Crippen LogP contribution in [0.2, 0.25) is 0 Å². The van der Waals surface area contributed by atoms with E-state index in [0.717, 1.165) is 5.69 Å². The molecule has 1 aliphatic rings. The molecule has 9 nitrogen and oxygen atoms in total. The van der Waals surface area contributed by atoms with Gasteiger partial charge in [-0.25, -0.2) is 0 Å². The average Bonchev–Trinajstić information content (AvgIpc) is 2.75. The van der Waals surface area contributed by atoms with Crippen LogP contribution in [-0.4, -0.2) is 28.4 Å². The largest absolute Gasteiger partial charge is 0.492 e. The number of H-pyrrole nitrogens is 1. The van der Waals surface area contributed by atoms with E-state index in [0.29, 0.717) is 18.0 Å². The molecule has 2 heterocycles. The summed E-state index contributed by atoms with van der Waals surface area (Å²) >= 11 is 0. The lowest BCUT2D eigenvalue weighted by molar-refractivity contribution is -0.123. The Bertz CT molecular complexity index is 1180. The topological polar surface area (TPSA) is 125 Å². The third-order valence-electron chi connectivity index (χ3n) is 4.75. The number of carbonyl (C=O) groups excluding carboxylic acids is 2. The third kappa shape index (κ3) is 4.40. The fraction of sp³-hybridized carbons (Fsp3) is 0.182. The molecule has 0 fully saturated rings. The number of nitrogens with one attached hydrogen (secondary N) is 4. The van der Waals surface area contributed by atoms with Gasteiger partial charge in [-0.05, 0) is 31.2 Å². The van der Waals surface area contributed by atoms with Crippen molar-refractivity contribution in [1.82, 2.24) is 9.97 Å². The van der Waals surface area contributed by atoms with E-state index in [-0.39, 0.29) is 23.8 Å². The second-order valence-electron chi connectivity index (χ2n) is 6.89. The van der Waals surface area contributed by atoms with Crippen molar-refractivity contribution in [3.8, 4) is 5.75 Å². The number of fused-ring (bicyclic) bond motifs is 1. The molecular formula is C22H21N5O4. The molecule has 4 N–H and O–H groups in total. The van der Waals surface area contributed by atoms with E-state index in [4.69, 9.17) is 4.74 Å². The van der Waals surface area contributed by atoms with Gasteiger partial charge in [0.15, 0.2) is 0 Å². The van der Waals surface area contributed by atoms with Crippen molar-refractivity contribution in [3.63, 3.8) is 0 Å². The molecule has 3 aromatic rings. The number of nitrogens with zero attached hydrogens (tertiary/aromatic N) is 1. The molecule has 0 saturated carbocycles. The average molecular weight is 419 g/mol. The number of aromatic nitrogens is 2. The number of aromatic amines is 1. The summed E-state index contributed by atoms with van der Waals surface area (Å²) in [4.78, 5) is 45.0. The van der Waals surface area contributed by atoms with Crippen LogP contribution in [0.5, 0.6) is 5.75 Å². The van der Waals surface area contributed by atoms with Crippen molar-refractivity contribution < 1.29 is 14.3 Å². The zero-order valence-electron chi connectivity index (χ0n) is 16.8. The van der Waals surface area contributed by atoms with Gasteiger partial charge in [0, 0.05) is 12.1 Å². The molecule has 1 atom stereocenters. The number of rotatable bonds is 6. The van der Waals surface area contributed by atoms with Crippen LogP contribution in [0.25, 0.3) is 0 Å². The van der Waals surface area contributed by atoms with Crippen molar-refractivity contribution in [2.75, 3.05) is 22.6 Å². The molecule has 0 bridgehead atoms. The lowest BCUT2D eigenvalue weighted by Gasteiger charge is -2.24. The minimum atomic E-state index is -0.986. The first-order valence-corrected chi connectivity index (χ1v) is 9.84. The number of para-hydroxylation sites is 3. The quantitative estimate of drug-likeness (QED) is 0.487. The van der Waals surface area contributed by atoms with E-state index in [9.17, 15) is 14.4 Å². The maximum Gasteiger partial charge on any atom is 0.258 e. The number of hydrogen-bond acceptors (Lipinski definition) is 6. The second-order valence-corrected chi connectivity index (χ2v) is 6.89. The van der Waals surface area contributed by atoms with Gasteiger partial charge >= 0.3 is 0 Å². The highest BCUT2D eigenvalue weighted by atomic mass is 16.5. The van der Waals surface area contributed by atoms with Gasteiger partial charge in [-0.3, -0.25) is 19.4 Å². The summed E-state index contributed by atoms with van der Waals surface area (Å²) in [5, 5.41) is 8.34. The molecule has 0 saturated heterocycles. The van der Waals surface area contributed by atoms with Crippen molar-refractivity contribution in [2.24, 2.45) is 0 Å². The SMILES string of the molecule is CCOc1ccccc1NC(=O)[C@H]1CC(=O)Nc2nc(Nc3ccccc3)[nH]c(=O)c21. The summed E-state index contributed by atoms with van der Waals surface area (Å²) in [5.41, 5.74) is 0.800. The lowest BCUT2D eigenvalue weighted by Crippen LogP contribution is -2.36. The fourth-order valence-corrected chi connectivity index (χ4v) is 3.38. The van der Waals surface area contributed by atoms with E-state index in [1.54, 1.807) is 24.3 Å². The maximum atomic E-state index is 13.0. The molecule has 2 amide bonds. The maximum absolute atomic E-state index is 13.0. The van der Waals surface area contributed by atoms with Gasteiger partial charge in [-0.15, -0.1) is 0 Å². The first-order valence-electron chi connectivity index (χ1n) is 9.84. The van der Waals surface area contributed by atoms with Crippen LogP contribution in [0.1, 0.15) is 24.8 Å². The number of benzene rings is 2. The number of hydrogen-bond donors (Lipinski definition) is 4. The minimum Gasteiger partial charge on any atom is -0.492 e. The molecule has 0 unspecified atom stereocenters. The predicted molar refractivity (Wildman–Crippen MR) is 117 cm³/mol. The van der Waals surface area contributed by atoms with Gasteiger partial charge in [0.2, 0.25) is 17.8 Å². The summed E-state index contributed by atoms with van der Waals surface area (Å²) in [6, 6.07) is 16.1. The lowest BCUT2D eigenvalue weighted by atomic mass is 9.92. The van der Waals surface area contributed by atoms with Crippen LogP contribution in [-0.2, 0) is 9.59 Å². The monoisotopic (exact) mass is 419 g/mol. The van der Waals surface area contributed by atoms with E-state index in [1.165, 1.54) is 0 Å². The summed E-state index contributed by atoms with van der Waals surface area (Å²) in [6.07, 6.45) is -0.161. The first-order chi connectivity index (χ1) is 15.0. The van der Waals surface area contributed by atoms with Crippen LogP contribution >= 0.6 is 0 Å². The van der Waals surface area contributed by atoms with E-state index >= 15 is 0 Å². The van der Waals surface area contributed by atoms with Crippen LogP contribution in [0.3, 0.4) is 0 Å². The number of amides is 2. The molecule has 1 aliphatic heterocycles. The standard InChI is InChI=1S/C22H21N5O4/c1-2-31-16-11-7-6-10-15(16)24-20(29)14-12-17(28)25-19-18(14)21(30)27-22(26-19)23-13-8-4-3-5-9-13/h3-11,14H,2,12H2,1H3,(H,24,29)(H3,23,25,26,27,28,30)/t14-/m0/s1. The fourth-order valence-electron chi connectivity index (χ4n) is 3.38. The van der Waals surface area contributed by atoms with Gasteiger partial charge in [0.25, 0.3) is 5.56 Å². The Morgan fingerprint density at radius 2 is 1.87 bits per heavy atom. The summed E-state index contributed by atoms with van der Waals surface area (Å²) in [7, 11) is 0. The van der Waals surface area contributed by atoms with Crippen molar-refractivity contribution >= 4 is 35.0 Å².